The molecule has 1 N–H and O–H groups in total. The molecule has 0 radical (unpaired) electrons. The molecular formula is C17H23NO4. The van der Waals surface area contributed by atoms with E-state index in [9.17, 15) is 9.59 Å². The van der Waals surface area contributed by atoms with Gasteiger partial charge in [-0.25, -0.2) is 4.79 Å². The number of piperidine rings is 1. The summed E-state index contributed by atoms with van der Waals surface area (Å²) in [6.07, 6.45) is 4.03. The molecule has 0 unspecified atom stereocenters. The summed E-state index contributed by atoms with van der Waals surface area (Å²) in [4.78, 5) is 25.8. The molecular weight excluding hydrogens is 282 g/mol. The smallest absolute Gasteiger partial charge is 0.335 e. The zero-order valence-electron chi connectivity index (χ0n) is 13.0. The second-order valence-corrected chi connectivity index (χ2v) is 5.52. The lowest BCUT2D eigenvalue weighted by atomic mass is 10.0. The van der Waals surface area contributed by atoms with Crippen LogP contribution in [-0.4, -0.2) is 48.0 Å². The number of hydrogen-bond acceptors (Lipinski definition) is 4. The van der Waals surface area contributed by atoms with Gasteiger partial charge in [-0.15, -0.1) is 0 Å². The number of hydrogen-bond donors (Lipinski definition) is 1. The van der Waals surface area contributed by atoms with Crippen LogP contribution < -0.4 is 4.74 Å². The van der Waals surface area contributed by atoms with E-state index >= 15 is 0 Å². The van der Waals surface area contributed by atoms with Crippen molar-refractivity contribution in [3.05, 3.63) is 29.3 Å². The Morgan fingerprint density at radius 1 is 1.23 bits per heavy atom. The number of carboxylic acid groups (broad SMARTS) is 1. The Kier molecular flexibility index (Phi) is 5.95. The van der Waals surface area contributed by atoms with E-state index in [1.807, 2.05) is 6.92 Å². The summed E-state index contributed by atoms with van der Waals surface area (Å²) < 4.78 is 5.46. The first kappa shape index (κ1) is 16.5. The zero-order chi connectivity index (χ0) is 15.9. The molecule has 0 saturated carbocycles. The first-order chi connectivity index (χ1) is 10.6. The van der Waals surface area contributed by atoms with Gasteiger partial charge in [0.05, 0.1) is 17.7 Å². The van der Waals surface area contributed by atoms with Crippen LogP contribution in [0.5, 0.6) is 5.75 Å². The Labute approximate surface area is 130 Å². The van der Waals surface area contributed by atoms with Crippen molar-refractivity contribution in [1.82, 2.24) is 4.90 Å². The van der Waals surface area contributed by atoms with Crippen LogP contribution >= 0.6 is 0 Å². The maximum Gasteiger partial charge on any atom is 0.335 e. The van der Waals surface area contributed by atoms with Gasteiger partial charge in [0, 0.05) is 13.0 Å². The van der Waals surface area contributed by atoms with E-state index in [1.165, 1.54) is 31.4 Å². The van der Waals surface area contributed by atoms with Gasteiger partial charge in [-0.2, -0.15) is 0 Å². The Bertz CT molecular complexity index is 535. The van der Waals surface area contributed by atoms with E-state index < -0.39 is 5.97 Å². The van der Waals surface area contributed by atoms with Crippen molar-refractivity contribution < 1.29 is 19.4 Å². The largest absolute Gasteiger partial charge is 0.493 e. The van der Waals surface area contributed by atoms with Gasteiger partial charge in [0.25, 0.3) is 0 Å². The molecule has 120 valence electrons. The molecule has 2 rings (SSSR count). The summed E-state index contributed by atoms with van der Waals surface area (Å²) in [6, 6.07) is 4.46. The van der Waals surface area contributed by atoms with Crippen molar-refractivity contribution in [2.24, 2.45) is 0 Å². The first-order valence-corrected chi connectivity index (χ1v) is 7.87. The standard InChI is InChI=1S/C17H23NO4/c1-2-22-16-7-6-13(17(20)21)12-14(16)15(19)8-11-18-9-4-3-5-10-18/h6-7,12H,2-5,8-11H2,1H3,(H,20,21). The second-order valence-electron chi connectivity index (χ2n) is 5.52. The van der Waals surface area contributed by atoms with E-state index in [0.29, 0.717) is 24.3 Å². The summed E-state index contributed by atoms with van der Waals surface area (Å²) in [5.74, 6) is -0.624. The number of aromatic carboxylic acids is 1. The fourth-order valence-corrected chi connectivity index (χ4v) is 2.74. The molecule has 0 aromatic heterocycles. The molecule has 22 heavy (non-hydrogen) atoms. The Balaban J connectivity index is 2.08. The lowest BCUT2D eigenvalue weighted by molar-refractivity contribution is 0.0697. The average molecular weight is 305 g/mol. The number of carbonyl (C=O) groups is 2. The van der Waals surface area contributed by atoms with Crippen molar-refractivity contribution in [3.63, 3.8) is 0 Å². The highest BCUT2D eigenvalue weighted by molar-refractivity contribution is 6.01. The minimum atomic E-state index is -1.03. The number of likely N-dealkylation sites (tertiary alicyclic amines) is 1. The molecule has 0 aliphatic carbocycles. The summed E-state index contributed by atoms with van der Waals surface area (Å²) in [5.41, 5.74) is 0.489. The molecule has 0 spiro atoms. The molecule has 5 heteroatoms. The van der Waals surface area contributed by atoms with Crippen LogP contribution in [0.15, 0.2) is 18.2 Å². The van der Waals surface area contributed by atoms with Crippen molar-refractivity contribution >= 4 is 11.8 Å². The molecule has 1 heterocycles. The number of ketones is 1. The Morgan fingerprint density at radius 2 is 1.95 bits per heavy atom. The minimum Gasteiger partial charge on any atom is -0.493 e. The molecule has 0 atom stereocenters. The molecule has 1 aromatic carbocycles. The third-order valence-electron chi connectivity index (χ3n) is 3.93. The quantitative estimate of drug-likeness (QED) is 0.785. The third-order valence-corrected chi connectivity index (χ3v) is 3.93. The fraction of sp³-hybridized carbons (Fsp3) is 0.529. The fourth-order valence-electron chi connectivity index (χ4n) is 2.74. The molecule has 0 amide bonds. The van der Waals surface area contributed by atoms with E-state index in [0.717, 1.165) is 19.6 Å². The predicted octanol–water partition coefficient (Wildman–Crippen LogP) is 2.84. The summed E-state index contributed by atoms with van der Waals surface area (Å²) in [7, 11) is 0. The van der Waals surface area contributed by atoms with E-state index in [-0.39, 0.29) is 11.3 Å². The van der Waals surface area contributed by atoms with Crippen LogP contribution in [0.25, 0.3) is 0 Å². The number of carbonyl (C=O) groups excluding carboxylic acids is 1. The first-order valence-electron chi connectivity index (χ1n) is 7.87. The lowest BCUT2D eigenvalue weighted by Crippen LogP contribution is -2.31. The average Bonchev–Trinajstić information content (AvgIpc) is 2.54. The van der Waals surface area contributed by atoms with Crippen molar-refractivity contribution in [2.75, 3.05) is 26.2 Å². The van der Waals surface area contributed by atoms with Gasteiger partial charge >= 0.3 is 5.97 Å². The third kappa shape index (κ3) is 4.31. The molecule has 1 aliphatic rings. The maximum atomic E-state index is 12.5. The number of benzene rings is 1. The minimum absolute atomic E-state index is 0.0582. The number of ether oxygens (including phenoxy) is 1. The Hall–Kier alpha value is -1.88. The second kappa shape index (κ2) is 7.94. The summed E-state index contributed by atoms with van der Waals surface area (Å²) in [6.45, 7) is 5.09. The molecule has 0 bridgehead atoms. The maximum absolute atomic E-state index is 12.5. The van der Waals surface area contributed by atoms with Crippen LogP contribution in [0.3, 0.4) is 0 Å². The van der Waals surface area contributed by atoms with Crippen molar-refractivity contribution in [1.29, 1.82) is 0 Å². The van der Waals surface area contributed by atoms with Crippen LogP contribution in [0, 0.1) is 0 Å². The van der Waals surface area contributed by atoms with Gasteiger partial charge in [-0.3, -0.25) is 4.79 Å². The predicted molar refractivity (Wildman–Crippen MR) is 83.8 cm³/mol. The highest BCUT2D eigenvalue weighted by Crippen LogP contribution is 2.22. The SMILES string of the molecule is CCOc1ccc(C(=O)O)cc1C(=O)CCN1CCCCC1. The van der Waals surface area contributed by atoms with Gasteiger partial charge in [-0.05, 0) is 51.1 Å². The van der Waals surface area contributed by atoms with Crippen LogP contribution in [0.1, 0.15) is 53.3 Å². The van der Waals surface area contributed by atoms with Gasteiger partial charge < -0.3 is 14.7 Å². The highest BCUT2D eigenvalue weighted by Gasteiger charge is 2.18. The Morgan fingerprint density at radius 3 is 2.59 bits per heavy atom. The van der Waals surface area contributed by atoms with Crippen molar-refractivity contribution in [3.8, 4) is 5.75 Å². The van der Waals surface area contributed by atoms with E-state index in [4.69, 9.17) is 9.84 Å². The molecule has 5 nitrogen and oxygen atoms in total. The summed E-state index contributed by atoms with van der Waals surface area (Å²) >= 11 is 0. The normalized spacial score (nSPS) is 15.5. The van der Waals surface area contributed by atoms with Gasteiger partial charge in [-0.1, -0.05) is 6.42 Å². The number of nitrogens with zero attached hydrogens (tertiary/aromatic N) is 1. The topological polar surface area (TPSA) is 66.8 Å². The van der Waals surface area contributed by atoms with Crippen LogP contribution in [0.4, 0.5) is 0 Å². The molecule has 1 aromatic rings. The lowest BCUT2D eigenvalue weighted by Gasteiger charge is -2.26. The van der Waals surface area contributed by atoms with Crippen LogP contribution in [0.2, 0.25) is 0 Å². The molecule has 1 saturated heterocycles. The molecule has 1 aliphatic heterocycles. The van der Waals surface area contributed by atoms with Crippen LogP contribution in [-0.2, 0) is 0 Å². The summed E-state index contributed by atoms with van der Waals surface area (Å²) in [5, 5.41) is 9.09. The van der Waals surface area contributed by atoms with E-state index in [2.05, 4.69) is 4.90 Å². The monoisotopic (exact) mass is 305 g/mol. The number of rotatable bonds is 7. The number of Topliss-reactive ketones (excluding diaryl/α,β-unsaturated/α-hetero) is 1. The zero-order valence-corrected chi connectivity index (χ0v) is 13.0. The van der Waals surface area contributed by atoms with Crippen molar-refractivity contribution in [2.45, 2.75) is 32.6 Å². The van der Waals surface area contributed by atoms with Gasteiger partial charge in [0.2, 0.25) is 0 Å². The van der Waals surface area contributed by atoms with Gasteiger partial charge in [0.1, 0.15) is 5.75 Å². The number of carboxylic acids is 1. The van der Waals surface area contributed by atoms with Gasteiger partial charge in [0.15, 0.2) is 5.78 Å². The highest BCUT2D eigenvalue weighted by atomic mass is 16.5. The van der Waals surface area contributed by atoms with E-state index in [1.54, 1.807) is 6.07 Å². The molecule has 1 fully saturated rings.